The van der Waals surface area contributed by atoms with E-state index in [2.05, 4.69) is 51.2 Å². The first-order valence-electron chi connectivity index (χ1n) is 10.8. The minimum atomic E-state index is 0.410. The third-order valence-corrected chi connectivity index (χ3v) is 6.43. The number of benzene rings is 2. The van der Waals surface area contributed by atoms with Crippen LogP contribution in [0, 0.1) is 0 Å². The molecule has 3 heterocycles. The van der Waals surface area contributed by atoms with Gasteiger partial charge in [-0.15, -0.1) is 0 Å². The zero-order valence-corrected chi connectivity index (χ0v) is 19.6. The highest BCUT2D eigenvalue weighted by Crippen LogP contribution is 2.33. The first-order chi connectivity index (χ1) is 16.1. The lowest BCUT2D eigenvalue weighted by Crippen LogP contribution is -2.23. The summed E-state index contributed by atoms with van der Waals surface area (Å²) in [5.74, 6) is 1.08. The second kappa shape index (κ2) is 9.39. The average molecular weight is 480 g/mol. The first kappa shape index (κ1) is 21.7. The van der Waals surface area contributed by atoms with Gasteiger partial charge >= 0.3 is 0 Å². The summed E-state index contributed by atoms with van der Waals surface area (Å²) in [7, 11) is 0. The van der Waals surface area contributed by atoms with Gasteiger partial charge in [0.15, 0.2) is 0 Å². The zero-order chi connectivity index (χ0) is 22.8. The Balaban J connectivity index is 1.52. The van der Waals surface area contributed by atoms with Gasteiger partial charge in [0.05, 0.1) is 21.9 Å². The molecule has 0 amide bonds. The molecule has 0 fully saturated rings. The highest BCUT2D eigenvalue weighted by Gasteiger charge is 2.15. The minimum Gasteiger partial charge on any atom is -0.340 e. The van der Waals surface area contributed by atoms with Crippen LogP contribution in [0.5, 0.6) is 0 Å². The van der Waals surface area contributed by atoms with Gasteiger partial charge in [-0.25, -0.2) is 4.98 Å². The number of rotatable bonds is 6. The Bertz CT molecular complexity index is 1300. The summed E-state index contributed by atoms with van der Waals surface area (Å²) < 4.78 is 1.88. The van der Waals surface area contributed by atoms with E-state index in [0.717, 1.165) is 42.9 Å². The Kier molecular flexibility index (Phi) is 6.17. The number of fused-ring (bicyclic) bond motifs is 1. The fraction of sp³-hybridized carbons (Fsp3) is 0.208. The second-order valence-electron chi connectivity index (χ2n) is 7.80. The molecule has 0 unspecified atom stereocenters. The summed E-state index contributed by atoms with van der Waals surface area (Å²) in [6, 6.07) is 11.8. The SMILES string of the molecule is CCn1cc(-c2cnc(Nc3cccc(Cl)c3Cl)nc2Nc2ccc3c(c2)CNCC3)cn1. The molecule has 2 aromatic heterocycles. The van der Waals surface area contributed by atoms with Gasteiger partial charge in [-0.05, 0) is 55.3 Å². The summed E-state index contributed by atoms with van der Waals surface area (Å²) in [4.78, 5) is 9.29. The summed E-state index contributed by atoms with van der Waals surface area (Å²) >= 11 is 12.5. The molecule has 2 aromatic carbocycles. The number of halogens is 2. The first-order valence-corrected chi connectivity index (χ1v) is 11.6. The van der Waals surface area contributed by atoms with Crippen LogP contribution in [-0.2, 0) is 19.5 Å². The normalized spacial score (nSPS) is 12.9. The van der Waals surface area contributed by atoms with Gasteiger partial charge in [0.25, 0.3) is 0 Å². The molecule has 1 aliphatic heterocycles. The van der Waals surface area contributed by atoms with E-state index in [4.69, 9.17) is 28.2 Å². The Morgan fingerprint density at radius 3 is 2.85 bits per heavy atom. The number of nitrogens with one attached hydrogen (secondary N) is 3. The molecule has 7 nitrogen and oxygen atoms in total. The van der Waals surface area contributed by atoms with Crippen LogP contribution in [0.15, 0.2) is 55.0 Å². The van der Waals surface area contributed by atoms with Crippen LogP contribution >= 0.6 is 23.2 Å². The van der Waals surface area contributed by atoms with E-state index in [-0.39, 0.29) is 0 Å². The molecule has 0 saturated carbocycles. The van der Waals surface area contributed by atoms with E-state index in [1.165, 1.54) is 11.1 Å². The lowest BCUT2D eigenvalue weighted by molar-refractivity contribution is 0.644. The van der Waals surface area contributed by atoms with Crippen LogP contribution in [0.1, 0.15) is 18.1 Å². The van der Waals surface area contributed by atoms with Crippen LogP contribution in [0.3, 0.4) is 0 Å². The van der Waals surface area contributed by atoms with Crippen molar-refractivity contribution in [2.75, 3.05) is 17.2 Å². The third-order valence-electron chi connectivity index (χ3n) is 5.61. The topological polar surface area (TPSA) is 79.7 Å². The Morgan fingerprint density at radius 1 is 1.09 bits per heavy atom. The smallest absolute Gasteiger partial charge is 0.229 e. The van der Waals surface area contributed by atoms with Crippen molar-refractivity contribution in [2.24, 2.45) is 0 Å². The molecule has 0 atom stereocenters. The van der Waals surface area contributed by atoms with Crippen LogP contribution in [0.4, 0.5) is 23.1 Å². The van der Waals surface area contributed by atoms with E-state index in [1.54, 1.807) is 12.3 Å². The van der Waals surface area contributed by atoms with E-state index in [0.29, 0.717) is 27.5 Å². The molecule has 0 aliphatic carbocycles. The van der Waals surface area contributed by atoms with E-state index >= 15 is 0 Å². The fourth-order valence-electron chi connectivity index (χ4n) is 3.84. The minimum absolute atomic E-state index is 0.410. The predicted octanol–water partition coefficient (Wildman–Crippen LogP) is 5.80. The number of nitrogens with zero attached hydrogens (tertiary/aromatic N) is 4. The molecule has 0 saturated heterocycles. The van der Waals surface area contributed by atoms with Crippen LogP contribution in [-0.4, -0.2) is 26.3 Å². The van der Waals surface area contributed by atoms with E-state index < -0.39 is 0 Å². The fourth-order valence-corrected chi connectivity index (χ4v) is 4.19. The van der Waals surface area contributed by atoms with Gasteiger partial charge < -0.3 is 16.0 Å². The van der Waals surface area contributed by atoms with Crippen molar-refractivity contribution in [1.29, 1.82) is 0 Å². The maximum absolute atomic E-state index is 6.34. The zero-order valence-electron chi connectivity index (χ0n) is 18.1. The summed E-state index contributed by atoms with van der Waals surface area (Å²) in [5, 5.41) is 15.4. The van der Waals surface area contributed by atoms with Crippen LogP contribution < -0.4 is 16.0 Å². The highest BCUT2D eigenvalue weighted by atomic mass is 35.5. The number of anilines is 4. The van der Waals surface area contributed by atoms with Crippen molar-refractivity contribution in [2.45, 2.75) is 26.4 Å². The molecular weight excluding hydrogens is 457 g/mol. The highest BCUT2D eigenvalue weighted by molar-refractivity contribution is 6.43. The molecule has 3 N–H and O–H groups in total. The maximum Gasteiger partial charge on any atom is 0.229 e. The lowest BCUT2D eigenvalue weighted by atomic mass is 10.0. The monoisotopic (exact) mass is 479 g/mol. The molecule has 1 aliphatic rings. The van der Waals surface area contributed by atoms with Crippen molar-refractivity contribution in [3.63, 3.8) is 0 Å². The van der Waals surface area contributed by atoms with Crippen molar-refractivity contribution < 1.29 is 0 Å². The molecule has 168 valence electrons. The van der Waals surface area contributed by atoms with Crippen molar-refractivity contribution >= 4 is 46.3 Å². The van der Waals surface area contributed by atoms with Crippen LogP contribution in [0.2, 0.25) is 10.0 Å². The van der Waals surface area contributed by atoms with Gasteiger partial charge in [0.1, 0.15) is 5.82 Å². The lowest BCUT2D eigenvalue weighted by Gasteiger charge is -2.19. The number of hydrogen-bond donors (Lipinski definition) is 3. The van der Waals surface area contributed by atoms with Crippen molar-refractivity contribution in [3.8, 4) is 11.1 Å². The van der Waals surface area contributed by atoms with Gasteiger partial charge in [-0.3, -0.25) is 4.68 Å². The van der Waals surface area contributed by atoms with Gasteiger partial charge in [0.2, 0.25) is 5.95 Å². The maximum atomic E-state index is 6.34. The Morgan fingerprint density at radius 2 is 2.00 bits per heavy atom. The van der Waals surface area contributed by atoms with Gasteiger partial charge in [-0.1, -0.05) is 35.3 Å². The summed E-state index contributed by atoms with van der Waals surface area (Å²) in [6.45, 7) is 4.72. The Labute approximate surface area is 202 Å². The predicted molar refractivity (Wildman–Crippen MR) is 134 cm³/mol. The molecule has 5 rings (SSSR count). The third kappa shape index (κ3) is 4.66. The largest absolute Gasteiger partial charge is 0.340 e. The summed E-state index contributed by atoms with van der Waals surface area (Å²) in [5.41, 5.74) is 6.07. The van der Waals surface area contributed by atoms with Crippen molar-refractivity contribution in [3.05, 3.63) is 76.2 Å². The van der Waals surface area contributed by atoms with Crippen LogP contribution in [0.25, 0.3) is 11.1 Å². The standard InChI is InChI=1S/C24H23Cl2N7/c1-2-33-14-17(12-29-33)19-13-28-24(31-21-5-3-4-20(25)22(21)26)32-23(19)30-18-7-6-15-8-9-27-11-16(15)10-18/h3-7,10,12-14,27H,2,8-9,11H2,1H3,(H2,28,30,31,32). The molecule has 4 aromatic rings. The molecule has 9 heteroatoms. The second-order valence-corrected chi connectivity index (χ2v) is 8.59. The number of aromatic nitrogens is 4. The molecule has 33 heavy (non-hydrogen) atoms. The average Bonchev–Trinajstić information content (AvgIpc) is 3.31. The molecule has 0 bridgehead atoms. The Hall–Kier alpha value is -3.13. The molecule has 0 radical (unpaired) electrons. The number of hydrogen-bond acceptors (Lipinski definition) is 6. The van der Waals surface area contributed by atoms with Gasteiger partial charge in [-0.2, -0.15) is 10.1 Å². The van der Waals surface area contributed by atoms with Crippen molar-refractivity contribution in [1.82, 2.24) is 25.1 Å². The summed E-state index contributed by atoms with van der Waals surface area (Å²) in [6.07, 6.45) is 6.64. The van der Waals surface area contributed by atoms with E-state index in [1.807, 2.05) is 29.2 Å². The van der Waals surface area contributed by atoms with Gasteiger partial charge in [0, 0.05) is 42.3 Å². The molecule has 0 spiro atoms. The quantitative estimate of drug-likeness (QED) is 0.324. The number of aryl methyl sites for hydroxylation is 1. The van der Waals surface area contributed by atoms with E-state index in [9.17, 15) is 0 Å². The molecular formula is C24H23Cl2N7.